The number of nitrogens with zero attached hydrogens (tertiary/aromatic N) is 3. The van der Waals surface area contributed by atoms with E-state index in [1.807, 2.05) is 31.2 Å². The van der Waals surface area contributed by atoms with Gasteiger partial charge in [-0.1, -0.05) is 24.3 Å². The fourth-order valence-corrected chi connectivity index (χ4v) is 2.63. The number of nitrogen functional groups attached to an aromatic ring is 1. The van der Waals surface area contributed by atoms with Gasteiger partial charge in [-0.2, -0.15) is 4.68 Å². The van der Waals surface area contributed by atoms with Crippen molar-refractivity contribution in [3.05, 3.63) is 70.2 Å². The Balaban J connectivity index is 1.86. The molecule has 0 atom stereocenters. The van der Waals surface area contributed by atoms with Crippen LogP contribution in [0.2, 0.25) is 0 Å². The average Bonchev–Trinajstić information content (AvgIpc) is 2.83. The van der Waals surface area contributed by atoms with Gasteiger partial charge >= 0.3 is 0 Å². The summed E-state index contributed by atoms with van der Waals surface area (Å²) in [5.41, 5.74) is 10.8. The van der Waals surface area contributed by atoms with Crippen LogP contribution in [0.25, 0.3) is 0 Å². The van der Waals surface area contributed by atoms with Crippen LogP contribution in [-0.4, -0.2) is 20.2 Å². The number of Topliss-reactive ketones (excluding diaryl/α,β-unsaturated/α-hetero) is 1. The quantitative estimate of drug-likeness (QED) is 0.542. The molecule has 0 aliphatic rings. The number of anilines is 2. The highest BCUT2D eigenvalue weighted by Crippen LogP contribution is 2.13. The van der Waals surface area contributed by atoms with E-state index in [1.165, 1.54) is 27.6 Å². The Morgan fingerprint density at radius 3 is 2.76 bits per heavy atom. The van der Waals surface area contributed by atoms with Crippen LogP contribution in [-0.2, 0) is 6.54 Å². The molecule has 0 aliphatic heterocycles. The predicted molar refractivity (Wildman–Crippen MR) is 96.4 cm³/mol. The van der Waals surface area contributed by atoms with Gasteiger partial charge < -0.3 is 5.73 Å². The van der Waals surface area contributed by atoms with Crippen LogP contribution < -0.4 is 11.2 Å². The Bertz CT molecular complexity index is 995. The predicted octanol–water partition coefficient (Wildman–Crippen LogP) is 3.20. The van der Waals surface area contributed by atoms with E-state index < -0.39 is 11.6 Å². The summed E-state index contributed by atoms with van der Waals surface area (Å²) in [7, 11) is 0. The first-order chi connectivity index (χ1) is 12.0. The van der Waals surface area contributed by atoms with Crippen molar-refractivity contribution >= 4 is 29.6 Å². The summed E-state index contributed by atoms with van der Waals surface area (Å²) in [6.07, 6.45) is 0. The van der Waals surface area contributed by atoms with Crippen LogP contribution in [0.3, 0.4) is 0 Å². The molecule has 1 aromatic heterocycles. The van der Waals surface area contributed by atoms with Crippen molar-refractivity contribution < 1.29 is 9.18 Å². The van der Waals surface area contributed by atoms with E-state index in [0.29, 0.717) is 0 Å². The molecule has 3 aromatic rings. The van der Waals surface area contributed by atoms with Gasteiger partial charge in [0.1, 0.15) is 12.4 Å². The van der Waals surface area contributed by atoms with E-state index in [2.05, 4.69) is 10.5 Å². The van der Waals surface area contributed by atoms with Crippen molar-refractivity contribution in [3.8, 4) is 0 Å². The maximum absolute atomic E-state index is 13.7. The number of nitrogens with two attached hydrogens (primary N) is 1. The molecule has 0 amide bonds. The lowest BCUT2D eigenvalue weighted by Crippen LogP contribution is -2.15. The molecule has 0 aliphatic carbocycles. The van der Waals surface area contributed by atoms with Crippen LogP contribution in [0.5, 0.6) is 0 Å². The van der Waals surface area contributed by atoms with Crippen molar-refractivity contribution in [2.24, 2.45) is 0 Å². The first kappa shape index (κ1) is 16.8. The second-order valence-electron chi connectivity index (χ2n) is 5.52. The van der Waals surface area contributed by atoms with Gasteiger partial charge in [-0.3, -0.25) is 10.2 Å². The smallest absolute Gasteiger partial charge is 0.240 e. The van der Waals surface area contributed by atoms with Crippen molar-refractivity contribution in [1.82, 2.24) is 14.5 Å². The van der Waals surface area contributed by atoms with Gasteiger partial charge in [-0.05, 0) is 49.0 Å². The number of nitrogens with one attached hydrogen (secondary N) is 1. The van der Waals surface area contributed by atoms with E-state index in [9.17, 15) is 9.18 Å². The lowest BCUT2D eigenvalue weighted by molar-refractivity contribution is 0.0963. The molecule has 3 rings (SSSR count). The summed E-state index contributed by atoms with van der Waals surface area (Å²) in [4.78, 5) is 12.3. The van der Waals surface area contributed by atoms with Crippen molar-refractivity contribution in [3.63, 3.8) is 0 Å². The summed E-state index contributed by atoms with van der Waals surface area (Å²) >= 11 is 5.32. The molecule has 0 unspecified atom stereocenters. The van der Waals surface area contributed by atoms with E-state index in [4.69, 9.17) is 18.0 Å². The minimum absolute atomic E-state index is 0.0100. The highest BCUT2D eigenvalue weighted by atomic mass is 32.1. The summed E-state index contributed by atoms with van der Waals surface area (Å²) in [5, 5.41) is 4.07. The number of aromatic nitrogens is 3. The Labute approximate surface area is 148 Å². The van der Waals surface area contributed by atoms with Gasteiger partial charge in [-0.25, -0.2) is 9.07 Å². The fourth-order valence-electron chi connectivity index (χ4n) is 2.38. The summed E-state index contributed by atoms with van der Waals surface area (Å²) in [5.74, 6) is -0.911. The van der Waals surface area contributed by atoms with Crippen LogP contribution in [0.15, 0.2) is 48.5 Å². The number of carbonyl (C=O) groups is 1. The molecular formula is C17H16FN5OS. The lowest BCUT2D eigenvalue weighted by Gasteiger charge is -2.08. The van der Waals surface area contributed by atoms with E-state index in [-0.39, 0.29) is 22.8 Å². The highest BCUT2D eigenvalue weighted by Gasteiger charge is 2.15. The second kappa shape index (κ2) is 6.86. The zero-order valence-electron chi connectivity index (χ0n) is 13.4. The first-order valence-corrected chi connectivity index (χ1v) is 7.93. The largest absolute Gasteiger partial charge is 0.366 e. The summed E-state index contributed by atoms with van der Waals surface area (Å²) in [6, 6.07) is 13.4. The molecule has 0 fully saturated rings. The topological polar surface area (TPSA) is 77.9 Å². The third kappa shape index (κ3) is 3.58. The van der Waals surface area contributed by atoms with Gasteiger partial charge in [0.2, 0.25) is 10.7 Å². The molecule has 6 nitrogen and oxygen atoms in total. The van der Waals surface area contributed by atoms with E-state index >= 15 is 0 Å². The Hall–Kier alpha value is -3.00. The van der Waals surface area contributed by atoms with Crippen LogP contribution in [0.1, 0.15) is 15.9 Å². The molecule has 0 bridgehead atoms. The van der Waals surface area contributed by atoms with Crippen molar-refractivity contribution in [1.29, 1.82) is 0 Å². The maximum atomic E-state index is 13.7. The Morgan fingerprint density at radius 1 is 1.28 bits per heavy atom. The first-order valence-electron chi connectivity index (χ1n) is 7.52. The molecule has 0 radical (unpaired) electrons. The molecule has 0 saturated carbocycles. The van der Waals surface area contributed by atoms with Crippen molar-refractivity contribution in [2.45, 2.75) is 13.5 Å². The molecule has 1 heterocycles. The van der Waals surface area contributed by atoms with Gasteiger partial charge in [-0.15, -0.1) is 5.10 Å². The molecule has 0 saturated heterocycles. The number of halogens is 1. The number of hydrogen-bond donors (Lipinski definition) is 2. The van der Waals surface area contributed by atoms with E-state index in [1.54, 1.807) is 6.07 Å². The third-order valence-corrected chi connectivity index (χ3v) is 3.98. The number of ketones is 1. The number of rotatable bonds is 5. The van der Waals surface area contributed by atoms with Gasteiger partial charge in [0, 0.05) is 0 Å². The molecular weight excluding hydrogens is 341 g/mol. The second-order valence-corrected chi connectivity index (χ2v) is 5.88. The number of benzene rings is 2. The highest BCUT2D eigenvalue weighted by molar-refractivity contribution is 7.71. The van der Waals surface area contributed by atoms with Gasteiger partial charge in [0.05, 0.1) is 11.3 Å². The molecule has 2 aromatic carbocycles. The monoisotopic (exact) mass is 357 g/mol. The lowest BCUT2D eigenvalue weighted by atomic mass is 10.1. The maximum Gasteiger partial charge on any atom is 0.240 e. The molecule has 0 spiro atoms. The molecule has 8 heteroatoms. The van der Waals surface area contributed by atoms with Crippen LogP contribution in [0.4, 0.5) is 16.0 Å². The standard InChI is InChI=1S/C17H16FN5OS/c1-11-5-4-6-12(9-11)20-23-16(19)21-22(17(23)25)10-15(24)13-7-2-3-8-14(13)18/h2-9,20H,10H2,1H3,(H2,19,21). The number of hydrogen-bond acceptors (Lipinski definition) is 5. The molecule has 3 N–H and O–H groups in total. The molecule has 25 heavy (non-hydrogen) atoms. The molecule has 128 valence electrons. The average molecular weight is 357 g/mol. The summed E-state index contributed by atoms with van der Waals surface area (Å²) in [6.45, 7) is 1.76. The zero-order chi connectivity index (χ0) is 18.0. The van der Waals surface area contributed by atoms with Gasteiger partial charge in [0.25, 0.3) is 0 Å². The van der Waals surface area contributed by atoms with E-state index in [0.717, 1.165) is 11.3 Å². The zero-order valence-corrected chi connectivity index (χ0v) is 14.3. The Morgan fingerprint density at radius 2 is 2.04 bits per heavy atom. The normalized spacial score (nSPS) is 10.6. The van der Waals surface area contributed by atoms with Crippen LogP contribution in [0, 0.1) is 17.5 Å². The Kier molecular flexibility index (Phi) is 4.62. The van der Waals surface area contributed by atoms with Crippen molar-refractivity contribution in [2.75, 3.05) is 11.2 Å². The van der Waals surface area contributed by atoms with Gasteiger partial charge in [0.15, 0.2) is 5.78 Å². The number of carbonyl (C=O) groups excluding carboxylic acids is 1. The summed E-state index contributed by atoms with van der Waals surface area (Å²) < 4.78 is 16.6. The minimum atomic E-state index is -0.579. The van der Waals surface area contributed by atoms with Crippen LogP contribution >= 0.6 is 12.2 Å². The SMILES string of the molecule is Cc1cccc(Nn2c(N)nn(CC(=O)c3ccccc3F)c2=S)c1. The number of aryl methyl sites for hydroxylation is 1. The third-order valence-electron chi connectivity index (χ3n) is 3.59. The fraction of sp³-hybridized carbons (Fsp3) is 0.118. The minimum Gasteiger partial charge on any atom is -0.366 e.